The Kier molecular flexibility index (Phi) is 2.99. The van der Waals surface area contributed by atoms with Crippen LogP contribution in [-0.2, 0) is 0 Å². The van der Waals surface area contributed by atoms with Gasteiger partial charge in [-0.15, -0.1) is 0 Å². The summed E-state index contributed by atoms with van der Waals surface area (Å²) in [6.45, 7) is 0.674. The highest BCUT2D eigenvalue weighted by Gasteiger charge is 2.23. The van der Waals surface area contributed by atoms with E-state index in [4.69, 9.17) is 10.5 Å². The number of carbonyl (C=O) groups is 1. The molecular formula is C12H16N2O2. The van der Waals surface area contributed by atoms with Gasteiger partial charge in [-0.05, 0) is 30.9 Å². The van der Waals surface area contributed by atoms with Crippen molar-refractivity contribution in [1.29, 1.82) is 0 Å². The molecule has 0 spiro atoms. The number of amides is 1. The van der Waals surface area contributed by atoms with Gasteiger partial charge in [0.15, 0.2) is 0 Å². The number of nitrogens with one attached hydrogen (secondary N) is 1. The Morgan fingerprint density at radius 1 is 1.56 bits per heavy atom. The van der Waals surface area contributed by atoms with Gasteiger partial charge in [-0.25, -0.2) is 0 Å². The molecule has 1 amide bonds. The second-order valence-electron chi connectivity index (χ2n) is 4.09. The lowest BCUT2D eigenvalue weighted by atomic mass is 10.1. The summed E-state index contributed by atoms with van der Waals surface area (Å²) in [5.74, 6) is 1.08. The normalized spacial score (nSPS) is 14.6. The molecule has 3 N–H and O–H groups in total. The third-order valence-corrected chi connectivity index (χ3v) is 2.65. The van der Waals surface area contributed by atoms with Gasteiger partial charge >= 0.3 is 0 Å². The SMILES string of the molecule is CNC(=O)c1ccc(N)cc1OCC1CC1. The number of anilines is 1. The second-order valence-corrected chi connectivity index (χ2v) is 4.09. The molecule has 1 saturated carbocycles. The Morgan fingerprint density at radius 2 is 2.31 bits per heavy atom. The number of carbonyl (C=O) groups excluding carboxylic acids is 1. The highest BCUT2D eigenvalue weighted by Crippen LogP contribution is 2.31. The number of benzene rings is 1. The molecule has 16 heavy (non-hydrogen) atoms. The van der Waals surface area contributed by atoms with Crippen LogP contribution in [0, 0.1) is 5.92 Å². The topological polar surface area (TPSA) is 64.4 Å². The summed E-state index contributed by atoms with van der Waals surface area (Å²) in [7, 11) is 1.60. The molecule has 0 aliphatic heterocycles. The summed E-state index contributed by atoms with van der Waals surface area (Å²) in [6.07, 6.45) is 2.44. The molecule has 0 atom stereocenters. The maximum Gasteiger partial charge on any atom is 0.254 e. The predicted molar refractivity (Wildman–Crippen MR) is 62.5 cm³/mol. The van der Waals surface area contributed by atoms with Crippen LogP contribution in [0.3, 0.4) is 0 Å². The maximum atomic E-state index is 11.6. The standard InChI is InChI=1S/C12H16N2O2/c1-14-12(15)10-5-4-9(13)6-11(10)16-7-8-2-3-8/h4-6,8H,2-3,7,13H2,1H3,(H,14,15). The monoisotopic (exact) mass is 220 g/mol. The van der Waals surface area contributed by atoms with Crippen LogP contribution in [0.1, 0.15) is 23.2 Å². The maximum absolute atomic E-state index is 11.6. The summed E-state index contributed by atoms with van der Waals surface area (Å²) in [5.41, 5.74) is 6.83. The number of nitrogens with two attached hydrogens (primary N) is 1. The van der Waals surface area contributed by atoms with Gasteiger partial charge in [-0.3, -0.25) is 4.79 Å². The molecule has 0 unspecified atom stereocenters. The molecule has 1 aliphatic rings. The predicted octanol–water partition coefficient (Wildman–Crippen LogP) is 1.42. The molecule has 0 saturated heterocycles. The van der Waals surface area contributed by atoms with E-state index < -0.39 is 0 Å². The van der Waals surface area contributed by atoms with Crippen molar-refractivity contribution >= 4 is 11.6 Å². The first-order chi connectivity index (χ1) is 7.70. The van der Waals surface area contributed by atoms with Gasteiger partial charge in [0.2, 0.25) is 0 Å². The minimum atomic E-state index is -0.147. The fourth-order valence-corrected chi connectivity index (χ4v) is 1.47. The lowest BCUT2D eigenvalue weighted by Crippen LogP contribution is -2.19. The van der Waals surface area contributed by atoms with Gasteiger partial charge < -0.3 is 15.8 Å². The average Bonchev–Trinajstić information content (AvgIpc) is 3.09. The number of ether oxygens (including phenoxy) is 1. The minimum absolute atomic E-state index is 0.147. The van der Waals surface area contributed by atoms with Crippen molar-refractivity contribution in [2.75, 3.05) is 19.4 Å². The van der Waals surface area contributed by atoms with Crippen LogP contribution in [0.4, 0.5) is 5.69 Å². The highest BCUT2D eigenvalue weighted by molar-refractivity contribution is 5.97. The fraction of sp³-hybridized carbons (Fsp3) is 0.417. The zero-order valence-corrected chi connectivity index (χ0v) is 9.32. The largest absolute Gasteiger partial charge is 0.492 e. The zero-order chi connectivity index (χ0) is 11.5. The summed E-state index contributed by atoms with van der Waals surface area (Å²) >= 11 is 0. The van der Waals surface area contributed by atoms with Gasteiger partial charge in [-0.2, -0.15) is 0 Å². The first kappa shape index (κ1) is 10.8. The third kappa shape index (κ3) is 2.45. The second kappa shape index (κ2) is 4.43. The Balaban J connectivity index is 2.16. The summed E-state index contributed by atoms with van der Waals surface area (Å²) in [6, 6.07) is 5.10. The lowest BCUT2D eigenvalue weighted by Gasteiger charge is -2.10. The van der Waals surface area contributed by atoms with E-state index in [1.807, 2.05) is 0 Å². The summed E-state index contributed by atoms with van der Waals surface area (Å²) in [4.78, 5) is 11.6. The molecule has 0 bridgehead atoms. The van der Waals surface area contributed by atoms with Crippen LogP contribution in [0.5, 0.6) is 5.75 Å². The molecule has 0 aromatic heterocycles. The van der Waals surface area contributed by atoms with Crippen molar-refractivity contribution in [3.63, 3.8) is 0 Å². The molecular weight excluding hydrogens is 204 g/mol. The quantitative estimate of drug-likeness (QED) is 0.754. The van der Waals surface area contributed by atoms with E-state index in [1.165, 1.54) is 12.8 Å². The van der Waals surface area contributed by atoms with Crippen molar-refractivity contribution in [3.8, 4) is 5.75 Å². The van der Waals surface area contributed by atoms with Crippen LogP contribution < -0.4 is 15.8 Å². The average molecular weight is 220 g/mol. The molecule has 0 radical (unpaired) electrons. The molecule has 0 heterocycles. The number of rotatable bonds is 4. The van der Waals surface area contributed by atoms with Crippen molar-refractivity contribution < 1.29 is 9.53 Å². The van der Waals surface area contributed by atoms with E-state index in [9.17, 15) is 4.79 Å². The molecule has 4 nitrogen and oxygen atoms in total. The Bertz CT molecular complexity index is 400. The fourth-order valence-electron chi connectivity index (χ4n) is 1.47. The van der Waals surface area contributed by atoms with E-state index >= 15 is 0 Å². The first-order valence-corrected chi connectivity index (χ1v) is 5.45. The van der Waals surface area contributed by atoms with Crippen LogP contribution in [0.15, 0.2) is 18.2 Å². The van der Waals surface area contributed by atoms with Crippen molar-refractivity contribution in [2.45, 2.75) is 12.8 Å². The van der Waals surface area contributed by atoms with E-state index in [0.29, 0.717) is 29.5 Å². The molecule has 86 valence electrons. The van der Waals surface area contributed by atoms with Crippen molar-refractivity contribution in [3.05, 3.63) is 23.8 Å². The van der Waals surface area contributed by atoms with Gasteiger partial charge in [0.05, 0.1) is 12.2 Å². The molecule has 1 fully saturated rings. The third-order valence-electron chi connectivity index (χ3n) is 2.65. The highest BCUT2D eigenvalue weighted by atomic mass is 16.5. The van der Waals surface area contributed by atoms with Crippen molar-refractivity contribution in [1.82, 2.24) is 5.32 Å². The van der Waals surface area contributed by atoms with Gasteiger partial charge in [0.1, 0.15) is 5.75 Å². The van der Waals surface area contributed by atoms with Crippen LogP contribution in [0.2, 0.25) is 0 Å². The van der Waals surface area contributed by atoms with Gasteiger partial charge in [-0.1, -0.05) is 0 Å². The minimum Gasteiger partial charge on any atom is -0.492 e. The van der Waals surface area contributed by atoms with Gasteiger partial charge in [0.25, 0.3) is 5.91 Å². The lowest BCUT2D eigenvalue weighted by molar-refractivity contribution is 0.0959. The molecule has 1 aromatic rings. The van der Waals surface area contributed by atoms with Gasteiger partial charge in [0, 0.05) is 18.8 Å². The Morgan fingerprint density at radius 3 is 2.94 bits per heavy atom. The molecule has 1 aliphatic carbocycles. The number of hydrogen-bond acceptors (Lipinski definition) is 3. The van der Waals surface area contributed by atoms with Crippen molar-refractivity contribution in [2.24, 2.45) is 5.92 Å². The number of nitrogen functional groups attached to an aromatic ring is 1. The Labute approximate surface area is 94.8 Å². The smallest absolute Gasteiger partial charge is 0.254 e. The van der Waals surface area contributed by atoms with Crippen LogP contribution in [-0.4, -0.2) is 19.6 Å². The number of hydrogen-bond donors (Lipinski definition) is 2. The first-order valence-electron chi connectivity index (χ1n) is 5.45. The summed E-state index contributed by atoms with van der Waals surface area (Å²) in [5, 5.41) is 2.58. The summed E-state index contributed by atoms with van der Waals surface area (Å²) < 4.78 is 5.62. The van der Waals surface area contributed by atoms with Crippen LogP contribution >= 0.6 is 0 Å². The zero-order valence-electron chi connectivity index (χ0n) is 9.32. The van der Waals surface area contributed by atoms with Crippen LogP contribution in [0.25, 0.3) is 0 Å². The molecule has 2 rings (SSSR count). The van der Waals surface area contributed by atoms with E-state index in [1.54, 1.807) is 25.2 Å². The molecule has 4 heteroatoms. The van der Waals surface area contributed by atoms with E-state index in [0.717, 1.165) is 0 Å². The molecule has 1 aromatic carbocycles. The Hall–Kier alpha value is -1.71. The van der Waals surface area contributed by atoms with E-state index in [-0.39, 0.29) is 5.91 Å². The van der Waals surface area contributed by atoms with E-state index in [2.05, 4.69) is 5.32 Å².